The molecule has 2 aromatic rings. The van der Waals surface area contributed by atoms with E-state index in [9.17, 15) is 4.79 Å². The van der Waals surface area contributed by atoms with E-state index in [1.165, 1.54) is 18.9 Å². The van der Waals surface area contributed by atoms with Crippen LogP contribution in [0.15, 0.2) is 33.7 Å². The minimum atomic E-state index is -1.13. The molecule has 0 radical (unpaired) electrons. The maximum Gasteiger partial charge on any atom is 0.374 e. The predicted octanol–water partition coefficient (Wildman–Crippen LogP) is 3.95. The van der Waals surface area contributed by atoms with Gasteiger partial charge < -0.3 is 9.63 Å². The van der Waals surface area contributed by atoms with E-state index >= 15 is 0 Å². The SMILES string of the molecule is O=C(O)c1cc(-c2ccc(SC3CC3)c(Cl)c2)no1. The van der Waals surface area contributed by atoms with Gasteiger partial charge in [-0.1, -0.05) is 22.8 Å². The van der Waals surface area contributed by atoms with Gasteiger partial charge in [0.05, 0.1) is 5.02 Å². The van der Waals surface area contributed by atoms with Gasteiger partial charge in [0, 0.05) is 21.8 Å². The Morgan fingerprint density at radius 1 is 1.42 bits per heavy atom. The molecule has 1 aliphatic carbocycles. The number of hydrogen-bond acceptors (Lipinski definition) is 4. The Bertz CT molecular complexity index is 637. The van der Waals surface area contributed by atoms with Crippen molar-refractivity contribution in [2.75, 3.05) is 0 Å². The third kappa shape index (κ3) is 2.77. The molecule has 1 saturated carbocycles. The molecule has 0 saturated heterocycles. The summed E-state index contributed by atoms with van der Waals surface area (Å²) in [6, 6.07) is 6.99. The first-order valence-electron chi connectivity index (χ1n) is 5.80. The number of aromatic carboxylic acids is 1. The quantitative estimate of drug-likeness (QED) is 0.925. The highest BCUT2D eigenvalue weighted by molar-refractivity contribution is 8.00. The van der Waals surface area contributed by atoms with Gasteiger partial charge in [0.15, 0.2) is 0 Å². The summed E-state index contributed by atoms with van der Waals surface area (Å²) >= 11 is 8.01. The van der Waals surface area contributed by atoms with Gasteiger partial charge in [-0.25, -0.2) is 4.79 Å². The molecule has 0 spiro atoms. The molecule has 1 fully saturated rings. The minimum absolute atomic E-state index is 0.178. The Hall–Kier alpha value is -1.46. The zero-order chi connectivity index (χ0) is 13.4. The van der Waals surface area contributed by atoms with E-state index in [1.807, 2.05) is 12.1 Å². The van der Waals surface area contributed by atoms with Gasteiger partial charge >= 0.3 is 5.97 Å². The maximum atomic E-state index is 10.7. The summed E-state index contributed by atoms with van der Waals surface area (Å²) in [6.07, 6.45) is 2.49. The van der Waals surface area contributed by atoms with Gasteiger partial charge in [-0.2, -0.15) is 0 Å². The lowest BCUT2D eigenvalue weighted by Gasteiger charge is -2.04. The molecule has 0 atom stereocenters. The monoisotopic (exact) mass is 295 g/mol. The summed E-state index contributed by atoms with van der Waals surface area (Å²) in [5, 5.41) is 13.9. The van der Waals surface area contributed by atoms with Crippen molar-refractivity contribution in [2.24, 2.45) is 0 Å². The lowest BCUT2D eigenvalue weighted by molar-refractivity contribution is 0.0652. The van der Waals surface area contributed by atoms with E-state index in [4.69, 9.17) is 21.2 Å². The fourth-order valence-electron chi connectivity index (χ4n) is 1.63. The summed E-state index contributed by atoms with van der Waals surface area (Å²) in [4.78, 5) is 11.8. The second-order valence-electron chi connectivity index (χ2n) is 4.34. The molecule has 3 rings (SSSR count). The number of nitrogens with zero attached hydrogens (tertiary/aromatic N) is 1. The van der Waals surface area contributed by atoms with Crippen molar-refractivity contribution in [2.45, 2.75) is 23.0 Å². The normalized spacial score (nSPS) is 14.6. The van der Waals surface area contributed by atoms with E-state index in [0.717, 1.165) is 10.5 Å². The topological polar surface area (TPSA) is 63.3 Å². The predicted molar refractivity (Wildman–Crippen MR) is 72.8 cm³/mol. The number of benzene rings is 1. The molecule has 1 aliphatic rings. The standard InChI is InChI=1S/C13H10ClNO3S/c14-9-5-7(1-4-12(9)19-8-2-3-8)10-6-11(13(16)17)18-15-10/h1,4-6,8H,2-3H2,(H,16,17). The van der Waals surface area contributed by atoms with Gasteiger partial charge in [0.25, 0.3) is 0 Å². The number of thioether (sulfide) groups is 1. The van der Waals surface area contributed by atoms with Crippen LogP contribution in [0.3, 0.4) is 0 Å². The molecule has 0 bridgehead atoms. The van der Waals surface area contributed by atoms with Crippen LogP contribution in [0.5, 0.6) is 0 Å². The minimum Gasteiger partial charge on any atom is -0.475 e. The lowest BCUT2D eigenvalue weighted by Crippen LogP contribution is -1.91. The van der Waals surface area contributed by atoms with Gasteiger partial charge in [-0.3, -0.25) is 0 Å². The van der Waals surface area contributed by atoms with Crippen LogP contribution in [0.1, 0.15) is 23.4 Å². The van der Waals surface area contributed by atoms with Gasteiger partial charge in [0.2, 0.25) is 5.76 Å². The fourth-order valence-corrected chi connectivity index (χ4v) is 3.00. The van der Waals surface area contributed by atoms with Crippen molar-refractivity contribution in [3.8, 4) is 11.3 Å². The summed E-state index contributed by atoms with van der Waals surface area (Å²) < 4.78 is 4.73. The molecule has 98 valence electrons. The zero-order valence-corrected chi connectivity index (χ0v) is 11.4. The molecule has 19 heavy (non-hydrogen) atoms. The molecule has 6 heteroatoms. The average Bonchev–Trinajstić information content (AvgIpc) is 3.05. The molecular weight excluding hydrogens is 286 g/mol. The highest BCUT2D eigenvalue weighted by Crippen LogP contribution is 2.42. The average molecular weight is 296 g/mol. The second kappa shape index (κ2) is 4.90. The first-order chi connectivity index (χ1) is 9.13. The molecule has 4 nitrogen and oxygen atoms in total. The Kier molecular flexibility index (Phi) is 3.24. The number of halogens is 1. The summed E-state index contributed by atoms with van der Waals surface area (Å²) in [5.41, 5.74) is 1.23. The highest BCUT2D eigenvalue weighted by Gasteiger charge is 2.23. The van der Waals surface area contributed by atoms with Crippen LogP contribution < -0.4 is 0 Å². The number of rotatable bonds is 4. The van der Waals surface area contributed by atoms with Crippen molar-refractivity contribution in [1.29, 1.82) is 0 Å². The van der Waals surface area contributed by atoms with Crippen molar-refractivity contribution < 1.29 is 14.4 Å². The Labute approximate surface area is 118 Å². The fraction of sp³-hybridized carbons (Fsp3) is 0.231. The van der Waals surface area contributed by atoms with Gasteiger partial charge in [0.1, 0.15) is 5.69 Å². The third-order valence-corrected chi connectivity index (χ3v) is 4.61. The Balaban J connectivity index is 1.87. The van der Waals surface area contributed by atoms with Crippen molar-refractivity contribution >= 4 is 29.3 Å². The van der Waals surface area contributed by atoms with Gasteiger partial charge in [-0.05, 0) is 25.0 Å². The van der Waals surface area contributed by atoms with E-state index in [2.05, 4.69) is 5.16 Å². The largest absolute Gasteiger partial charge is 0.475 e. The number of aromatic nitrogens is 1. The van der Waals surface area contributed by atoms with Crippen LogP contribution in [-0.2, 0) is 0 Å². The molecule has 1 aromatic heterocycles. The van der Waals surface area contributed by atoms with Crippen LogP contribution in [-0.4, -0.2) is 21.5 Å². The smallest absolute Gasteiger partial charge is 0.374 e. The number of carboxylic acid groups (broad SMARTS) is 1. The third-order valence-electron chi connectivity index (χ3n) is 2.77. The van der Waals surface area contributed by atoms with E-state index in [1.54, 1.807) is 17.8 Å². The molecule has 0 unspecified atom stereocenters. The Morgan fingerprint density at radius 2 is 2.21 bits per heavy atom. The van der Waals surface area contributed by atoms with Crippen LogP contribution in [0.2, 0.25) is 5.02 Å². The van der Waals surface area contributed by atoms with Crippen LogP contribution >= 0.6 is 23.4 Å². The second-order valence-corrected chi connectivity index (χ2v) is 6.09. The number of hydrogen-bond donors (Lipinski definition) is 1. The first kappa shape index (κ1) is 12.6. The first-order valence-corrected chi connectivity index (χ1v) is 7.06. The molecule has 0 amide bonds. The van der Waals surface area contributed by atoms with Crippen molar-refractivity contribution in [1.82, 2.24) is 5.16 Å². The molecule has 1 heterocycles. The van der Waals surface area contributed by atoms with Crippen LogP contribution in [0, 0.1) is 0 Å². The molecule has 0 aliphatic heterocycles. The number of carboxylic acids is 1. The van der Waals surface area contributed by atoms with Crippen LogP contribution in [0.4, 0.5) is 0 Å². The summed E-state index contributed by atoms with van der Waals surface area (Å²) in [7, 11) is 0. The highest BCUT2D eigenvalue weighted by atomic mass is 35.5. The van der Waals surface area contributed by atoms with Crippen molar-refractivity contribution in [3.05, 3.63) is 35.0 Å². The van der Waals surface area contributed by atoms with Gasteiger partial charge in [-0.15, -0.1) is 11.8 Å². The zero-order valence-electron chi connectivity index (χ0n) is 9.80. The Morgan fingerprint density at radius 3 is 2.79 bits per heavy atom. The lowest BCUT2D eigenvalue weighted by atomic mass is 10.1. The van der Waals surface area contributed by atoms with Crippen molar-refractivity contribution in [3.63, 3.8) is 0 Å². The van der Waals surface area contributed by atoms with E-state index < -0.39 is 5.97 Å². The number of carbonyl (C=O) groups is 1. The molecule has 1 N–H and O–H groups in total. The van der Waals surface area contributed by atoms with Crippen LogP contribution in [0.25, 0.3) is 11.3 Å². The van der Waals surface area contributed by atoms with E-state index in [-0.39, 0.29) is 5.76 Å². The molecule has 1 aromatic carbocycles. The molecular formula is C13H10ClNO3S. The van der Waals surface area contributed by atoms with E-state index in [0.29, 0.717) is 16.0 Å². The summed E-state index contributed by atoms with van der Waals surface area (Å²) in [5.74, 6) is -1.31. The maximum absolute atomic E-state index is 10.7. The summed E-state index contributed by atoms with van der Waals surface area (Å²) in [6.45, 7) is 0.